The zero-order valence-electron chi connectivity index (χ0n) is 20.5. The van der Waals surface area contributed by atoms with Crippen LogP contribution in [0, 0.1) is 0 Å². The molecule has 9 heteroatoms. The first-order valence-corrected chi connectivity index (χ1v) is 13.8. The minimum absolute atomic E-state index is 0.325. The molecule has 2 aliphatic heterocycles. The fourth-order valence-corrected chi connectivity index (χ4v) is 6.92. The highest BCUT2D eigenvalue weighted by Crippen LogP contribution is 2.43. The molecule has 0 radical (unpaired) electrons. The van der Waals surface area contributed by atoms with Crippen LogP contribution in [-0.2, 0) is 18.6 Å². The first-order chi connectivity index (χ1) is 15.3. The molecule has 0 spiro atoms. The van der Waals surface area contributed by atoms with E-state index in [1.54, 1.807) is 34.0 Å². The summed E-state index contributed by atoms with van der Waals surface area (Å²) in [6, 6.07) is 10.8. The number of thiophene rings is 3. The van der Waals surface area contributed by atoms with Crippen LogP contribution in [0.2, 0.25) is 0 Å². The van der Waals surface area contributed by atoms with Gasteiger partial charge in [0.05, 0.1) is 27.3 Å². The molecule has 5 rings (SSSR count). The van der Waals surface area contributed by atoms with Gasteiger partial charge < -0.3 is 18.6 Å². The minimum atomic E-state index is -0.337. The van der Waals surface area contributed by atoms with Crippen LogP contribution in [0.3, 0.4) is 0 Å². The van der Waals surface area contributed by atoms with Crippen molar-refractivity contribution in [2.24, 2.45) is 0 Å². The lowest BCUT2D eigenvalue weighted by molar-refractivity contribution is 0.00578. The maximum Gasteiger partial charge on any atom is 0.505 e. The van der Waals surface area contributed by atoms with Gasteiger partial charge in [0, 0.05) is 24.9 Å². The lowest BCUT2D eigenvalue weighted by Crippen LogP contribution is -2.41. The van der Waals surface area contributed by atoms with E-state index in [4.69, 9.17) is 18.6 Å². The lowest BCUT2D eigenvalue weighted by atomic mass is 9.88. The SMILES string of the molecule is CC1(C)OB(c2ccc(-c3ccsc3-c3ccc(B4OC(C)(C)C(C)(C)O4)s3)s2)OC1(C)C. The Morgan fingerprint density at radius 1 is 0.576 bits per heavy atom. The van der Waals surface area contributed by atoms with Crippen LogP contribution < -0.4 is 9.55 Å². The second-order valence-corrected chi connectivity index (χ2v) is 13.9. The van der Waals surface area contributed by atoms with E-state index in [2.05, 4.69) is 91.1 Å². The van der Waals surface area contributed by atoms with Crippen LogP contribution in [0.15, 0.2) is 35.7 Å². The van der Waals surface area contributed by atoms with E-state index in [-0.39, 0.29) is 36.6 Å². The summed E-state index contributed by atoms with van der Waals surface area (Å²) in [4.78, 5) is 3.72. The Labute approximate surface area is 209 Å². The van der Waals surface area contributed by atoms with Gasteiger partial charge >= 0.3 is 14.2 Å². The zero-order chi connectivity index (χ0) is 23.8. The maximum absolute atomic E-state index is 6.26. The Kier molecular flexibility index (Phi) is 5.61. The average molecular weight is 500 g/mol. The van der Waals surface area contributed by atoms with Crippen molar-refractivity contribution in [2.45, 2.75) is 77.8 Å². The molecule has 0 aliphatic carbocycles. The van der Waals surface area contributed by atoms with E-state index in [9.17, 15) is 0 Å². The molecule has 33 heavy (non-hydrogen) atoms. The zero-order valence-corrected chi connectivity index (χ0v) is 22.9. The summed E-state index contributed by atoms with van der Waals surface area (Å²) in [5, 5.41) is 2.16. The van der Waals surface area contributed by atoms with Gasteiger partial charge in [0.1, 0.15) is 0 Å². The van der Waals surface area contributed by atoms with Gasteiger partial charge in [-0.15, -0.1) is 34.0 Å². The van der Waals surface area contributed by atoms with Crippen LogP contribution in [0.1, 0.15) is 55.4 Å². The lowest BCUT2D eigenvalue weighted by Gasteiger charge is -2.32. The molecule has 0 saturated carbocycles. The third-order valence-electron chi connectivity index (χ3n) is 7.38. The van der Waals surface area contributed by atoms with Crippen LogP contribution in [-0.4, -0.2) is 36.6 Å². The van der Waals surface area contributed by atoms with Crippen molar-refractivity contribution in [2.75, 3.05) is 0 Å². The van der Waals surface area contributed by atoms with Crippen LogP contribution in [0.25, 0.3) is 20.2 Å². The van der Waals surface area contributed by atoms with E-state index < -0.39 is 0 Å². The summed E-state index contributed by atoms with van der Waals surface area (Å²) in [5.41, 5.74) is -0.102. The standard InChI is InChI=1S/C24H30B2O4S3/c1-21(2)22(3,4)28-25(27-21)18-11-9-16(32-18)15-13-14-31-20(15)17-10-12-19(33-17)26-29-23(5,6)24(7,8)30-26/h9-14H,1-8H3. The monoisotopic (exact) mass is 500 g/mol. The van der Waals surface area contributed by atoms with Crippen LogP contribution in [0.4, 0.5) is 0 Å². The minimum Gasteiger partial charge on any atom is -0.399 e. The van der Waals surface area contributed by atoms with Gasteiger partial charge in [-0.3, -0.25) is 0 Å². The quantitative estimate of drug-likeness (QED) is 0.425. The molecule has 3 aromatic rings. The summed E-state index contributed by atoms with van der Waals surface area (Å²) in [6.07, 6.45) is 0. The second kappa shape index (κ2) is 7.79. The molecule has 174 valence electrons. The van der Waals surface area contributed by atoms with Crippen molar-refractivity contribution < 1.29 is 18.6 Å². The molecule has 2 saturated heterocycles. The third kappa shape index (κ3) is 3.99. The molecule has 5 heterocycles. The van der Waals surface area contributed by atoms with Gasteiger partial charge in [-0.05, 0) is 79.0 Å². The van der Waals surface area contributed by atoms with Gasteiger partial charge in [0.15, 0.2) is 0 Å². The molecule has 0 atom stereocenters. The van der Waals surface area contributed by atoms with Crippen molar-refractivity contribution in [3.8, 4) is 20.2 Å². The summed E-state index contributed by atoms with van der Waals surface area (Å²) in [6.45, 7) is 16.7. The number of hydrogen-bond donors (Lipinski definition) is 0. The van der Waals surface area contributed by atoms with Crippen molar-refractivity contribution in [1.82, 2.24) is 0 Å². The van der Waals surface area contributed by atoms with Crippen LogP contribution in [0.5, 0.6) is 0 Å². The largest absolute Gasteiger partial charge is 0.505 e. The van der Waals surface area contributed by atoms with E-state index >= 15 is 0 Å². The normalized spacial score (nSPS) is 22.9. The summed E-state index contributed by atoms with van der Waals surface area (Å²) in [5.74, 6) is 0. The molecule has 2 aliphatic rings. The fraction of sp³-hybridized carbons (Fsp3) is 0.500. The molecule has 0 aromatic carbocycles. The Morgan fingerprint density at radius 3 is 1.48 bits per heavy atom. The van der Waals surface area contributed by atoms with Crippen molar-refractivity contribution in [3.05, 3.63) is 35.7 Å². The molecule has 2 fully saturated rings. The van der Waals surface area contributed by atoms with Crippen molar-refractivity contribution in [3.63, 3.8) is 0 Å². The molecule has 0 amide bonds. The third-order valence-corrected chi connectivity index (χ3v) is 10.7. The topological polar surface area (TPSA) is 36.9 Å². The summed E-state index contributed by atoms with van der Waals surface area (Å²) in [7, 11) is -0.651. The Balaban J connectivity index is 1.39. The van der Waals surface area contributed by atoms with E-state index in [0.29, 0.717) is 0 Å². The predicted octanol–water partition coefficient (Wildman–Crippen LogP) is 5.80. The smallest absolute Gasteiger partial charge is 0.399 e. The van der Waals surface area contributed by atoms with E-state index in [1.807, 2.05) is 0 Å². The molecule has 0 unspecified atom stereocenters. The van der Waals surface area contributed by atoms with Gasteiger partial charge in [0.2, 0.25) is 0 Å². The molecule has 3 aromatic heterocycles. The van der Waals surface area contributed by atoms with Gasteiger partial charge in [-0.25, -0.2) is 0 Å². The fourth-order valence-electron chi connectivity index (χ4n) is 3.84. The predicted molar refractivity (Wildman–Crippen MR) is 142 cm³/mol. The number of hydrogen-bond acceptors (Lipinski definition) is 7. The van der Waals surface area contributed by atoms with Gasteiger partial charge in [-0.2, -0.15) is 0 Å². The highest BCUT2D eigenvalue weighted by atomic mass is 32.1. The second-order valence-electron chi connectivity index (χ2n) is 10.7. The Morgan fingerprint density at radius 2 is 1.00 bits per heavy atom. The van der Waals surface area contributed by atoms with Crippen molar-refractivity contribution in [1.29, 1.82) is 0 Å². The van der Waals surface area contributed by atoms with E-state index in [0.717, 1.165) is 9.55 Å². The molecular formula is C24H30B2O4S3. The first-order valence-electron chi connectivity index (χ1n) is 11.3. The molecule has 0 N–H and O–H groups in total. The average Bonchev–Trinajstić information content (AvgIpc) is 3.47. The molecule has 4 nitrogen and oxygen atoms in total. The molecular weight excluding hydrogens is 470 g/mol. The summed E-state index contributed by atoms with van der Waals surface area (Å²) >= 11 is 5.25. The first kappa shape index (κ1) is 23.8. The highest BCUT2D eigenvalue weighted by molar-refractivity contribution is 7.28. The van der Waals surface area contributed by atoms with E-state index in [1.165, 1.54) is 20.2 Å². The Bertz CT molecular complexity index is 1050. The van der Waals surface area contributed by atoms with Gasteiger partial charge in [0.25, 0.3) is 0 Å². The van der Waals surface area contributed by atoms with Crippen LogP contribution >= 0.6 is 34.0 Å². The number of rotatable bonds is 4. The van der Waals surface area contributed by atoms with Gasteiger partial charge in [-0.1, -0.05) is 12.1 Å². The van der Waals surface area contributed by atoms with Crippen molar-refractivity contribution >= 4 is 57.8 Å². The maximum atomic E-state index is 6.26. The Hall–Kier alpha value is -0.930. The molecule has 0 bridgehead atoms. The highest BCUT2D eigenvalue weighted by Gasteiger charge is 2.53. The summed E-state index contributed by atoms with van der Waals surface area (Å²) < 4.78 is 27.2.